The molecule has 2 heterocycles. The fourth-order valence-corrected chi connectivity index (χ4v) is 3.43. The Morgan fingerprint density at radius 2 is 2.12 bits per heavy atom. The third kappa shape index (κ3) is 4.24. The highest BCUT2D eigenvalue weighted by atomic mass is 16.3. The number of piperidine rings is 1. The number of aromatic nitrogens is 3. The van der Waals surface area contributed by atoms with Crippen LogP contribution in [0.5, 0.6) is 5.75 Å². The number of phenolic OH excluding ortho intramolecular Hbond substituents is 1. The van der Waals surface area contributed by atoms with Gasteiger partial charge in [-0.1, -0.05) is 6.07 Å². The average molecular weight is 343 g/mol. The Morgan fingerprint density at radius 1 is 1.28 bits per heavy atom. The summed E-state index contributed by atoms with van der Waals surface area (Å²) in [6, 6.07) is 3.97. The predicted octanol–water partition coefficient (Wildman–Crippen LogP) is 1.73. The summed E-state index contributed by atoms with van der Waals surface area (Å²) < 4.78 is 0. The fraction of sp³-hybridized carbons (Fsp3) is 0.500. The van der Waals surface area contributed by atoms with Gasteiger partial charge in [0.1, 0.15) is 11.4 Å². The molecular weight excluding hydrogens is 318 g/mol. The summed E-state index contributed by atoms with van der Waals surface area (Å²) in [4.78, 5) is 6.59. The maximum atomic E-state index is 10.2. The molecule has 2 aromatic rings. The highest BCUT2D eigenvalue weighted by Gasteiger charge is 2.20. The number of anilines is 1. The summed E-state index contributed by atoms with van der Waals surface area (Å²) in [6.07, 6.45) is 3.77. The summed E-state index contributed by atoms with van der Waals surface area (Å²) in [5.74, 6) is 0.685. The van der Waals surface area contributed by atoms with Crippen molar-refractivity contribution in [2.45, 2.75) is 32.7 Å². The molecule has 1 aliphatic heterocycles. The first-order valence-electron chi connectivity index (χ1n) is 8.67. The second kappa shape index (κ2) is 7.76. The molecule has 3 N–H and O–H groups in total. The van der Waals surface area contributed by atoms with Crippen molar-refractivity contribution in [1.82, 2.24) is 20.1 Å². The van der Waals surface area contributed by atoms with Crippen molar-refractivity contribution in [1.29, 1.82) is 0 Å². The minimum atomic E-state index is 0.179. The summed E-state index contributed by atoms with van der Waals surface area (Å²) >= 11 is 0. The van der Waals surface area contributed by atoms with Gasteiger partial charge in [0.05, 0.1) is 12.8 Å². The van der Waals surface area contributed by atoms with Crippen molar-refractivity contribution in [3.63, 3.8) is 0 Å². The maximum absolute atomic E-state index is 10.2. The Morgan fingerprint density at radius 3 is 2.80 bits per heavy atom. The van der Waals surface area contributed by atoms with Crippen LogP contribution in [0.15, 0.2) is 18.3 Å². The van der Waals surface area contributed by atoms with Gasteiger partial charge in [-0.25, -0.2) is 4.98 Å². The van der Waals surface area contributed by atoms with Gasteiger partial charge in [0.15, 0.2) is 0 Å². The molecule has 134 valence electrons. The molecule has 1 unspecified atom stereocenters. The number of rotatable bonds is 5. The number of hydrogen-bond donors (Lipinski definition) is 3. The molecule has 1 atom stereocenters. The zero-order chi connectivity index (χ0) is 17.8. The molecule has 25 heavy (non-hydrogen) atoms. The molecule has 0 aliphatic carbocycles. The van der Waals surface area contributed by atoms with Gasteiger partial charge >= 0.3 is 0 Å². The van der Waals surface area contributed by atoms with E-state index in [4.69, 9.17) is 5.11 Å². The minimum Gasteiger partial charge on any atom is -0.507 e. The number of aromatic hydroxyl groups is 1. The van der Waals surface area contributed by atoms with E-state index < -0.39 is 0 Å². The summed E-state index contributed by atoms with van der Waals surface area (Å²) in [5, 5.41) is 31.0. The van der Waals surface area contributed by atoms with E-state index >= 15 is 0 Å². The van der Waals surface area contributed by atoms with Gasteiger partial charge in [0.2, 0.25) is 5.95 Å². The number of aryl methyl sites for hydroxylation is 2. The quantitative estimate of drug-likeness (QED) is 0.761. The lowest BCUT2D eigenvalue weighted by Crippen LogP contribution is -2.43. The topological polar surface area (TPSA) is 94.4 Å². The van der Waals surface area contributed by atoms with Crippen LogP contribution < -0.4 is 5.32 Å². The lowest BCUT2D eigenvalue weighted by molar-refractivity contribution is 0.166. The van der Waals surface area contributed by atoms with Gasteiger partial charge < -0.3 is 15.5 Å². The van der Waals surface area contributed by atoms with Crippen LogP contribution in [0.25, 0.3) is 11.3 Å². The summed E-state index contributed by atoms with van der Waals surface area (Å²) in [6.45, 7) is 6.64. The highest BCUT2D eigenvalue weighted by Crippen LogP contribution is 2.31. The molecule has 0 spiro atoms. The molecule has 3 rings (SSSR count). The van der Waals surface area contributed by atoms with E-state index in [1.54, 1.807) is 12.3 Å². The largest absolute Gasteiger partial charge is 0.507 e. The zero-order valence-electron chi connectivity index (χ0n) is 14.7. The number of phenols is 1. The molecule has 7 heteroatoms. The van der Waals surface area contributed by atoms with E-state index in [1.165, 1.54) is 0 Å². The maximum Gasteiger partial charge on any atom is 0.242 e. The fourth-order valence-electron chi connectivity index (χ4n) is 3.43. The SMILES string of the molecule is Cc1cc(C)c(-c2cnc(NC3CCCN(CCO)C3)nn2)c(O)c1. The molecule has 0 bridgehead atoms. The van der Waals surface area contributed by atoms with Gasteiger partial charge in [0.25, 0.3) is 0 Å². The Bertz CT molecular complexity index is 695. The van der Waals surface area contributed by atoms with Crippen molar-refractivity contribution in [2.24, 2.45) is 0 Å². The smallest absolute Gasteiger partial charge is 0.242 e. The van der Waals surface area contributed by atoms with Crippen LogP contribution in [0.1, 0.15) is 24.0 Å². The first-order chi connectivity index (χ1) is 12.1. The number of nitrogens with one attached hydrogen (secondary N) is 1. The Balaban J connectivity index is 1.71. The molecule has 1 fully saturated rings. The third-order valence-corrected chi connectivity index (χ3v) is 4.53. The van der Waals surface area contributed by atoms with E-state index in [2.05, 4.69) is 25.4 Å². The van der Waals surface area contributed by atoms with Crippen LogP contribution in [0.2, 0.25) is 0 Å². The van der Waals surface area contributed by atoms with Gasteiger partial charge in [-0.2, -0.15) is 0 Å². The van der Waals surface area contributed by atoms with E-state index in [1.807, 2.05) is 19.9 Å². The first kappa shape index (κ1) is 17.6. The normalized spacial score (nSPS) is 18.3. The number of benzene rings is 1. The lowest BCUT2D eigenvalue weighted by Gasteiger charge is -2.32. The van der Waals surface area contributed by atoms with Crippen LogP contribution in [0.3, 0.4) is 0 Å². The first-order valence-corrected chi connectivity index (χ1v) is 8.67. The number of β-amino-alcohol motifs (C(OH)–C–C–N with tert-alkyl or cyclic N) is 1. The molecule has 1 saturated heterocycles. The van der Waals surface area contributed by atoms with Crippen molar-refractivity contribution in [3.8, 4) is 17.0 Å². The minimum absolute atomic E-state index is 0.179. The Hall–Kier alpha value is -2.25. The summed E-state index contributed by atoms with van der Waals surface area (Å²) in [7, 11) is 0. The van der Waals surface area contributed by atoms with Gasteiger partial charge in [0, 0.05) is 24.7 Å². The zero-order valence-corrected chi connectivity index (χ0v) is 14.7. The molecule has 1 aromatic heterocycles. The monoisotopic (exact) mass is 343 g/mol. The van der Waals surface area contributed by atoms with Gasteiger partial charge in [-0.3, -0.25) is 4.90 Å². The Labute approximate surface area is 147 Å². The van der Waals surface area contributed by atoms with Crippen molar-refractivity contribution < 1.29 is 10.2 Å². The van der Waals surface area contributed by atoms with Crippen LogP contribution in [0, 0.1) is 13.8 Å². The molecule has 0 saturated carbocycles. The van der Waals surface area contributed by atoms with Crippen molar-refractivity contribution in [3.05, 3.63) is 29.5 Å². The van der Waals surface area contributed by atoms with Gasteiger partial charge in [-0.05, 0) is 50.4 Å². The molecular formula is C18H25N5O2. The van der Waals surface area contributed by atoms with Crippen LogP contribution in [-0.2, 0) is 0 Å². The second-order valence-corrected chi connectivity index (χ2v) is 6.65. The number of likely N-dealkylation sites (tertiary alicyclic amines) is 1. The molecule has 1 aromatic carbocycles. The van der Waals surface area contributed by atoms with Crippen molar-refractivity contribution >= 4 is 5.95 Å². The number of aliphatic hydroxyl groups excluding tert-OH is 1. The van der Waals surface area contributed by atoms with E-state index in [0.717, 1.165) is 37.1 Å². The van der Waals surface area contributed by atoms with E-state index in [0.29, 0.717) is 23.8 Å². The molecule has 0 radical (unpaired) electrons. The number of nitrogens with zero attached hydrogens (tertiary/aromatic N) is 4. The standard InChI is InChI=1S/C18H25N5O2/c1-12-8-13(2)17(16(25)9-12)15-10-19-18(22-21-15)20-14-4-3-5-23(11-14)6-7-24/h8-10,14,24-25H,3-7,11H2,1-2H3,(H,19,20,22). The highest BCUT2D eigenvalue weighted by molar-refractivity contribution is 5.70. The molecule has 7 nitrogen and oxygen atoms in total. The predicted molar refractivity (Wildman–Crippen MR) is 96.6 cm³/mol. The molecule has 0 amide bonds. The van der Waals surface area contributed by atoms with Crippen LogP contribution in [0.4, 0.5) is 5.95 Å². The van der Waals surface area contributed by atoms with E-state index in [9.17, 15) is 5.11 Å². The third-order valence-electron chi connectivity index (χ3n) is 4.53. The average Bonchev–Trinajstić information content (AvgIpc) is 2.56. The van der Waals surface area contributed by atoms with Crippen molar-refractivity contribution in [2.75, 3.05) is 31.6 Å². The number of hydrogen-bond acceptors (Lipinski definition) is 7. The number of aliphatic hydroxyl groups is 1. The Kier molecular flexibility index (Phi) is 5.45. The molecule has 1 aliphatic rings. The van der Waals surface area contributed by atoms with Crippen LogP contribution >= 0.6 is 0 Å². The van der Waals surface area contributed by atoms with Crippen LogP contribution in [-0.4, -0.2) is 62.6 Å². The van der Waals surface area contributed by atoms with E-state index in [-0.39, 0.29) is 18.4 Å². The second-order valence-electron chi connectivity index (χ2n) is 6.65. The lowest BCUT2D eigenvalue weighted by atomic mass is 10.0. The summed E-state index contributed by atoms with van der Waals surface area (Å²) in [5.41, 5.74) is 3.18. The van der Waals surface area contributed by atoms with Gasteiger partial charge in [-0.15, -0.1) is 10.2 Å².